The van der Waals surface area contributed by atoms with Crippen LogP contribution in [0, 0.1) is 20.2 Å². The monoisotopic (exact) mass is 480 g/mol. The number of hydrogen-bond acceptors (Lipinski definition) is 9. The minimum atomic E-state index is -0.626. The minimum Gasteiger partial charge on any atom is -0.325 e. The van der Waals surface area contributed by atoms with Crippen molar-refractivity contribution in [3.8, 4) is 0 Å². The van der Waals surface area contributed by atoms with Gasteiger partial charge < -0.3 is 9.88 Å². The second-order valence-electron chi connectivity index (χ2n) is 6.37. The maximum absolute atomic E-state index is 12.3. The normalized spacial score (nSPS) is 10.8. The quantitative estimate of drug-likeness (QED) is 0.261. The van der Waals surface area contributed by atoms with E-state index in [0.717, 1.165) is 0 Å². The van der Waals surface area contributed by atoms with Crippen LogP contribution in [0.15, 0.2) is 35.7 Å². The maximum atomic E-state index is 12.3. The number of nitro benzene ring substituents is 1. The van der Waals surface area contributed by atoms with E-state index in [9.17, 15) is 25.0 Å². The molecule has 13 nitrogen and oxygen atoms in total. The van der Waals surface area contributed by atoms with Gasteiger partial charge >= 0.3 is 5.69 Å². The highest BCUT2D eigenvalue weighted by Gasteiger charge is 2.16. The Morgan fingerprint density at radius 3 is 2.69 bits per heavy atom. The first-order valence-corrected chi connectivity index (χ1v) is 10.6. The van der Waals surface area contributed by atoms with Gasteiger partial charge in [-0.3, -0.25) is 29.7 Å². The molecule has 0 fully saturated rings. The minimum absolute atomic E-state index is 0.0138. The maximum Gasteiger partial charge on any atom is 0.306 e. The number of nitrogens with one attached hydrogen (secondary N) is 1. The largest absolute Gasteiger partial charge is 0.325 e. The summed E-state index contributed by atoms with van der Waals surface area (Å²) in [5.41, 5.74) is -0.122. The van der Waals surface area contributed by atoms with Gasteiger partial charge in [-0.05, 0) is 19.1 Å². The van der Waals surface area contributed by atoms with Gasteiger partial charge in [0.2, 0.25) is 5.91 Å². The fraction of sp³-hybridized carbons (Fsp3) is 0.294. The molecule has 0 spiro atoms. The summed E-state index contributed by atoms with van der Waals surface area (Å²) in [6, 6.07) is 4.01. The first kappa shape index (κ1) is 23.1. The molecule has 0 unspecified atom stereocenters. The van der Waals surface area contributed by atoms with Crippen molar-refractivity contribution in [1.82, 2.24) is 24.5 Å². The SMILES string of the molecule is CCn1c(CCn2cc([N+](=O)[O-])cn2)nnc1SCC(=O)Nc1ccc(Cl)c([N+](=O)[O-])c1. The molecular weight excluding hydrogens is 464 g/mol. The van der Waals surface area contributed by atoms with E-state index >= 15 is 0 Å². The van der Waals surface area contributed by atoms with Crippen LogP contribution in [-0.2, 0) is 24.3 Å². The molecule has 1 amide bonds. The number of aromatic nitrogens is 5. The molecule has 0 radical (unpaired) electrons. The van der Waals surface area contributed by atoms with Gasteiger partial charge in [0.05, 0.1) is 15.6 Å². The number of halogens is 1. The smallest absolute Gasteiger partial charge is 0.306 e. The highest BCUT2D eigenvalue weighted by Crippen LogP contribution is 2.27. The lowest BCUT2D eigenvalue weighted by molar-refractivity contribution is -0.385. The zero-order valence-electron chi connectivity index (χ0n) is 16.7. The van der Waals surface area contributed by atoms with Crippen molar-refractivity contribution in [2.75, 3.05) is 11.1 Å². The van der Waals surface area contributed by atoms with Gasteiger partial charge in [0, 0.05) is 31.3 Å². The van der Waals surface area contributed by atoms with Crippen LogP contribution in [0.1, 0.15) is 12.7 Å². The summed E-state index contributed by atoms with van der Waals surface area (Å²) in [5, 5.41) is 37.0. The standard InChI is InChI=1S/C17H17ClN8O5S/c1-2-24-15(5-6-23-9-12(8-19-23)25(28)29)21-22-17(24)32-10-16(27)20-11-3-4-13(18)14(7-11)26(30)31/h3-4,7-9H,2,5-6,10H2,1H3,(H,20,27). The van der Waals surface area contributed by atoms with Crippen molar-refractivity contribution in [1.29, 1.82) is 0 Å². The second-order valence-corrected chi connectivity index (χ2v) is 7.72. The Kier molecular flexibility index (Phi) is 7.37. The Labute approximate surface area is 190 Å². The van der Waals surface area contributed by atoms with Crippen molar-refractivity contribution in [3.63, 3.8) is 0 Å². The van der Waals surface area contributed by atoms with Gasteiger partial charge in [0.1, 0.15) is 23.2 Å². The van der Waals surface area contributed by atoms with E-state index in [1.807, 2.05) is 11.5 Å². The van der Waals surface area contributed by atoms with Crippen LogP contribution >= 0.6 is 23.4 Å². The molecule has 0 aliphatic heterocycles. The summed E-state index contributed by atoms with van der Waals surface area (Å²) in [6.45, 7) is 2.85. The van der Waals surface area contributed by atoms with Crippen LogP contribution < -0.4 is 5.32 Å². The molecular formula is C17H17ClN8O5S. The predicted molar refractivity (Wildman–Crippen MR) is 116 cm³/mol. The molecule has 3 rings (SSSR count). The van der Waals surface area contributed by atoms with Crippen LogP contribution in [0.4, 0.5) is 17.1 Å². The molecule has 15 heteroatoms. The summed E-state index contributed by atoms with van der Waals surface area (Å²) < 4.78 is 3.29. The Hall–Kier alpha value is -3.52. The third kappa shape index (κ3) is 5.59. The third-order valence-corrected chi connectivity index (χ3v) is 5.55. The average Bonchev–Trinajstić information content (AvgIpc) is 3.38. The van der Waals surface area contributed by atoms with Crippen molar-refractivity contribution < 1.29 is 14.6 Å². The molecule has 2 aromatic heterocycles. The molecule has 0 bridgehead atoms. The van der Waals surface area contributed by atoms with E-state index in [1.165, 1.54) is 47.0 Å². The van der Waals surface area contributed by atoms with E-state index in [4.69, 9.17) is 11.6 Å². The van der Waals surface area contributed by atoms with Crippen LogP contribution in [0.3, 0.4) is 0 Å². The molecule has 32 heavy (non-hydrogen) atoms. The summed E-state index contributed by atoms with van der Waals surface area (Å²) in [4.78, 5) is 32.8. The van der Waals surface area contributed by atoms with Gasteiger partial charge in [-0.2, -0.15) is 5.10 Å². The topological polar surface area (TPSA) is 164 Å². The zero-order chi connectivity index (χ0) is 23.3. The lowest BCUT2D eigenvalue weighted by Crippen LogP contribution is -2.15. The third-order valence-electron chi connectivity index (χ3n) is 4.26. The molecule has 1 N–H and O–H groups in total. The number of aryl methyl sites for hydroxylation is 2. The number of carbonyl (C=O) groups is 1. The number of nitrogens with zero attached hydrogens (tertiary/aromatic N) is 7. The highest BCUT2D eigenvalue weighted by atomic mass is 35.5. The van der Waals surface area contributed by atoms with E-state index in [0.29, 0.717) is 30.5 Å². The first-order chi connectivity index (χ1) is 15.3. The lowest BCUT2D eigenvalue weighted by atomic mass is 10.3. The Morgan fingerprint density at radius 1 is 1.25 bits per heavy atom. The molecule has 0 saturated heterocycles. The van der Waals surface area contributed by atoms with Gasteiger partial charge in [0.15, 0.2) is 5.16 Å². The van der Waals surface area contributed by atoms with E-state index in [2.05, 4.69) is 20.6 Å². The number of amides is 1. The molecule has 168 valence electrons. The molecule has 0 aliphatic rings. The Bertz CT molecular complexity index is 1160. The van der Waals surface area contributed by atoms with Crippen molar-refractivity contribution in [2.24, 2.45) is 0 Å². The molecule has 1 aromatic carbocycles. The van der Waals surface area contributed by atoms with Gasteiger partial charge in [0.25, 0.3) is 5.69 Å². The van der Waals surface area contributed by atoms with E-state index in [-0.39, 0.29) is 33.7 Å². The summed E-state index contributed by atoms with van der Waals surface area (Å²) >= 11 is 6.94. The predicted octanol–water partition coefficient (Wildman–Crippen LogP) is 2.94. The summed E-state index contributed by atoms with van der Waals surface area (Å²) in [7, 11) is 0. The van der Waals surface area contributed by atoms with Gasteiger partial charge in [-0.1, -0.05) is 23.4 Å². The number of carbonyl (C=O) groups excluding carboxylic acids is 1. The van der Waals surface area contributed by atoms with Crippen LogP contribution in [0.5, 0.6) is 0 Å². The van der Waals surface area contributed by atoms with Gasteiger partial charge in [-0.25, -0.2) is 0 Å². The van der Waals surface area contributed by atoms with E-state index in [1.54, 1.807) is 0 Å². The van der Waals surface area contributed by atoms with Crippen LogP contribution in [0.25, 0.3) is 0 Å². The van der Waals surface area contributed by atoms with E-state index < -0.39 is 9.85 Å². The van der Waals surface area contributed by atoms with Crippen LogP contribution in [0.2, 0.25) is 5.02 Å². The molecule has 2 heterocycles. The Morgan fingerprint density at radius 2 is 2.03 bits per heavy atom. The molecule has 0 aliphatic carbocycles. The van der Waals surface area contributed by atoms with Crippen molar-refractivity contribution in [3.05, 3.63) is 61.7 Å². The number of benzene rings is 1. The Balaban J connectivity index is 1.58. The second kappa shape index (κ2) is 10.2. The number of anilines is 1. The zero-order valence-corrected chi connectivity index (χ0v) is 18.2. The highest BCUT2D eigenvalue weighted by molar-refractivity contribution is 7.99. The molecule has 0 atom stereocenters. The fourth-order valence-corrected chi connectivity index (χ4v) is 3.78. The molecule has 3 aromatic rings. The first-order valence-electron chi connectivity index (χ1n) is 9.24. The molecule has 0 saturated carbocycles. The van der Waals surface area contributed by atoms with Gasteiger partial charge in [-0.15, -0.1) is 10.2 Å². The van der Waals surface area contributed by atoms with Crippen molar-refractivity contribution in [2.45, 2.75) is 31.6 Å². The van der Waals surface area contributed by atoms with Crippen molar-refractivity contribution >= 4 is 46.3 Å². The van der Waals surface area contributed by atoms with Crippen LogP contribution in [-0.4, -0.2) is 46.1 Å². The lowest BCUT2D eigenvalue weighted by Gasteiger charge is -2.08. The number of rotatable bonds is 10. The fourth-order valence-electron chi connectivity index (χ4n) is 2.77. The number of thioether (sulfide) groups is 1. The average molecular weight is 481 g/mol. The summed E-state index contributed by atoms with van der Waals surface area (Å²) in [5.74, 6) is 0.296. The number of nitro groups is 2. The summed E-state index contributed by atoms with van der Waals surface area (Å²) in [6.07, 6.45) is 2.97. The number of hydrogen-bond donors (Lipinski definition) is 1.